The van der Waals surface area contributed by atoms with Crippen molar-refractivity contribution in [1.82, 2.24) is 9.80 Å². The fraction of sp³-hybridized carbons (Fsp3) is 0.933. The van der Waals surface area contributed by atoms with E-state index in [0.29, 0.717) is 11.8 Å². The van der Waals surface area contributed by atoms with E-state index in [9.17, 15) is 4.79 Å². The molecule has 1 amide bonds. The van der Waals surface area contributed by atoms with Gasteiger partial charge in [0.2, 0.25) is 5.91 Å². The van der Waals surface area contributed by atoms with Gasteiger partial charge in [-0.15, -0.1) is 0 Å². The van der Waals surface area contributed by atoms with Crippen molar-refractivity contribution in [2.24, 2.45) is 17.6 Å². The molecule has 0 spiro atoms. The maximum Gasteiger partial charge on any atom is 0.226 e. The van der Waals surface area contributed by atoms with E-state index in [0.717, 1.165) is 38.9 Å². The van der Waals surface area contributed by atoms with Gasteiger partial charge in [-0.05, 0) is 46.1 Å². The number of carbonyl (C=O) groups excluding carboxylic acids is 1. The van der Waals surface area contributed by atoms with Crippen molar-refractivity contribution in [2.75, 3.05) is 26.7 Å². The quantitative estimate of drug-likeness (QED) is 0.779. The Morgan fingerprint density at radius 3 is 2.58 bits per heavy atom. The molecule has 2 fully saturated rings. The second-order valence-corrected chi connectivity index (χ2v) is 7.15. The van der Waals surface area contributed by atoms with Crippen LogP contribution in [0.15, 0.2) is 0 Å². The Balaban J connectivity index is 2.03. The zero-order valence-corrected chi connectivity index (χ0v) is 12.9. The SMILES string of the molecule is CC1CCC(N)CC1C(=O)N1CCN(C)C(C)(C)C1. The van der Waals surface area contributed by atoms with Crippen molar-refractivity contribution < 1.29 is 4.79 Å². The first kappa shape index (κ1) is 14.8. The van der Waals surface area contributed by atoms with Crippen molar-refractivity contribution in [2.45, 2.75) is 51.6 Å². The summed E-state index contributed by atoms with van der Waals surface area (Å²) in [5, 5.41) is 0. The van der Waals surface area contributed by atoms with Gasteiger partial charge in [-0.1, -0.05) is 6.92 Å². The predicted octanol–water partition coefficient (Wildman–Crippen LogP) is 1.30. The van der Waals surface area contributed by atoms with E-state index >= 15 is 0 Å². The minimum absolute atomic E-state index is 0.0773. The van der Waals surface area contributed by atoms with Gasteiger partial charge in [0.25, 0.3) is 0 Å². The number of hydrogen-bond acceptors (Lipinski definition) is 3. The summed E-state index contributed by atoms with van der Waals surface area (Å²) in [6.45, 7) is 9.28. The Kier molecular flexibility index (Phi) is 4.21. The van der Waals surface area contributed by atoms with E-state index in [-0.39, 0.29) is 17.5 Å². The normalized spacial score (nSPS) is 36.3. The molecule has 0 aromatic heterocycles. The van der Waals surface area contributed by atoms with E-state index in [4.69, 9.17) is 5.73 Å². The van der Waals surface area contributed by atoms with Crippen molar-refractivity contribution in [3.05, 3.63) is 0 Å². The van der Waals surface area contributed by atoms with Crippen LogP contribution < -0.4 is 5.73 Å². The first-order valence-corrected chi connectivity index (χ1v) is 7.57. The van der Waals surface area contributed by atoms with Gasteiger partial charge in [0.15, 0.2) is 0 Å². The summed E-state index contributed by atoms with van der Waals surface area (Å²) in [6.07, 6.45) is 3.03. The predicted molar refractivity (Wildman–Crippen MR) is 77.8 cm³/mol. The third kappa shape index (κ3) is 3.11. The van der Waals surface area contributed by atoms with E-state index in [1.54, 1.807) is 0 Å². The molecule has 4 nitrogen and oxygen atoms in total. The van der Waals surface area contributed by atoms with Gasteiger partial charge in [0.05, 0.1) is 0 Å². The van der Waals surface area contributed by atoms with Gasteiger partial charge >= 0.3 is 0 Å². The molecule has 1 saturated heterocycles. The lowest BCUT2D eigenvalue weighted by Crippen LogP contribution is -2.60. The van der Waals surface area contributed by atoms with Gasteiger partial charge in [-0.2, -0.15) is 0 Å². The number of likely N-dealkylation sites (N-methyl/N-ethyl adjacent to an activating group) is 1. The molecule has 2 aliphatic rings. The fourth-order valence-corrected chi connectivity index (χ4v) is 3.36. The van der Waals surface area contributed by atoms with Crippen molar-refractivity contribution in [1.29, 1.82) is 0 Å². The van der Waals surface area contributed by atoms with E-state index < -0.39 is 0 Å². The number of piperazine rings is 1. The van der Waals surface area contributed by atoms with Crippen LogP contribution in [0.2, 0.25) is 0 Å². The molecule has 1 aliphatic heterocycles. The maximum atomic E-state index is 12.8. The molecular formula is C15H29N3O. The van der Waals surface area contributed by atoms with Crippen LogP contribution in [0.3, 0.4) is 0 Å². The minimum atomic E-state index is 0.0773. The molecule has 0 bridgehead atoms. The smallest absolute Gasteiger partial charge is 0.226 e. The topological polar surface area (TPSA) is 49.6 Å². The Labute approximate surface area is 117 Å². The highest BCUT2D eigenvalue weighted by Crippen LogP contribution is 2.31. The summed E-state index contributed by atoms with van der Waals surface area (Å²) in [5.41, 5.74) is 6.13. The van der Waals surface area contributed by atoms with E-state index in [1.807, 2.05) is 0 Å². The number of hydrogen-bond donors (Lipinski definition) is 1. The molecule has 1 heterocycles. The van der Waals surface area contributed by atoms with Crippen LogP contribution in [0.4, 0.5) is 0 Å². The lowest BCUT2D eigenvalue weighted by Gasteiger charge is -2.47. The lowest BCUT2D eigenvalue weighted by atomic mass is 9.77. The molecule has 0 radical (unpaired) electrons. The number of nitrogens with two attached hydrogens (primary N) is 1. The van der Waals surface area contributed by atoms with Gasteiger partial charge in [0, 0.05) is 37.1 Å². The van der Waals surface area contributed by atoms with Gasteiger partial charge < -0.3 is 10.6 Å². The molecule has 4 heteroatoms. The van der Waals surface area contributed by atoms with Gasteiger partial charge in [-0.25, -0.2) is 0 Å². The molecule has 3 atom stereocenters. The summed E-state index contributed by atoms with van der Waals surface area (Å²) in [5.74, 6) is 0.960. The van der Waals surface area contributed by atoms with Crippen LogP contribution in [0.1, 0.15) is 40.0 Å². The van der Waals surface area contributed by atoms with Crippen LogP contribution >= 0.6 is 0 Å². The lowest BCUT2D eigenvalue weighted by molar-refractivity contribution is -0.143. The molecule has 2 N–H and O–H groups in total. The number of rotatable bonds is 1. The van der Waals surface area contributed by atoms with Gasteiger partial charge in [-0.3, -0.25) is 9.69 Å². The summed E-state index contributed by atoms with van der Waals surface area (Å²) >= 11 is 0. The summed E-state index contributed by atoms with van der Waals surface area (Å²) in [6, 6.07) is 0.214. The largest absolute Gasteiger partial charge is 0.339 e. The Hall–Kier alpha value is -0.610. The highest BCUT2D eigenvalue weighted by Gasteiger charge is 2.38. The first-order chi connectivity index (χ1) is 8.81. The molecule has 0 aromatic carbocycles. The molecular weight excluding hydrogens is 238 g/mol. The number of carbonyl (C=O) groups is 1. The summed E-state index contributed by atoms with van der Waals surface area (Å²) < 4.78 is 0. The average Bonchev–Trinajstić information content (AvgIpc) is 2.35. The third-order valence-electron chi connectivity index (χ3n) is 5.18. The second-order valence-electron chi connectivity index (χ2n) is 7.15. The second kappa shape index (κ2) is 5.41. The third-order valence-corrected chi connectivity index (χ3v) is 5.18. The monoisotopic (exact) mass is 267 g/mol. The molecule has 3 unspecified atom stereocenters. The standard InChI is InChI=1S/C15H29N3O/c1-11-5-6-12(16)9-13(11)14(19)18-8-7-17(4)15(2,3)10-18/h11-13H,5-10,16H2,1-4H3. The Morgan fingerprint density at radius 2 is 1.95 bits per heavy atom. The van der Waals surface area contributed by atoms with Gasteiger partial charge in [0.1, 0.15) is 0 Å². The zero-order valence-electron chi connectivity index (χ0n) is 12.9. The van der Waals surface area contributed by atoms with Crippen LogP contribution in [-0.2, 0) is 4.79 Å². The minimum Gasteiger partial charge on any atom is -0.339 e. The Bertz CT molecular complexity index is 342. The number of nitrogens with zero attached hydrogens (tertiary/aromatic N) is 2. The first-order valence-electron chi connectivity index (χ1n) is 7.57. The summed E-state index contributed by atoms with van der Waals surface area (Å²) in [4.78, 5) is 17.2. The highest BCUT2D eigenvalue weighted by molar-refractivity contribution is 5.79. The van der Waals surface area contributed by atoms with Crippen LogP contribution in [0.5, 0.6) is 0 Å². The fourth-order valence-electron chi connectivity index (χ4n) is 3.36. The van der Waals surface area contributed by atoms with Crippen LogP contribution in [-0.4, -0.2) is 54.0 Å². The van der Waals surface area contributed by atoms with E-state index in [1.165, 1.54) is 0 Å². The van der Waals surface area contributed by atoms with Crippen LogP contribution in [0.25, 0.3) is 0 Å². The van der Waals surface area contributed by atoms with Crippen LogP contribution in [0, 0.1) is 11.8 Å². The zero-order chi connectivity index (χ0) is 14.2. The molecule has 0 aromatic rings. The molecule has 1 aliphatic carbocycles. The summed E-state index contributed by atoms with van der Waals surface area (Å²) in [7, 11) is 2.14. The van der Waals surface area contributed by atoms with E-state index in [2.05, 4.69) is 37.6 Å². The van der Waals surface area contributed by atoms with Crippen molar-refractivity contribution in [3.8, 4) is 0 Å². The average molecular weight is 267 g/mol. The molecule has 19 heavy (non-hydrogen) atoms. The molecule has 2 rings (SSSR count). The number of amides is 1. The molecule has 110 valence electrons. The maximum absolute atomic E-state index is 12.8. The molecule has 1 saturated carbocycles. The Morgan fingerprint density at radius 1 is 1.26 bits per heavy atom. The van der Waals surface area contributed by atoms with Crippen molar-refractivity contribution >= 4 is 5.91 Å². The van der Waals surface area contributed by atoms with Crippen molar-refractivity contribution in [3.63, 3.8) is 0 Å². The highest BCUT2D eigenvalue weighted by atomic mass is 16.2.